The van der Waals surface area contributed by atoms with E-state index in [0.717, 1.165) is 76.3 Å². The summed E-state index contributed by atoms with van der Waals surface area (Å²) in [5, 5.41) is 10.9. The number of aliphatic hydroxyl groups excluding tert-OH is 1. The molecular formula is C36H43N5O5. The highest BCUT2D eigenvalue weighted by molar-refractivity contribution is 5.96. The molecule has 0 bridgehead atoms. The van der Waals surface area contributed by atoms with E-state index in [0.29, 0.717) is 51.7 Å². The lowest BCUT2D eigenvalue weighted by atomic mass is 9.82. The number of piperidine rings is 1. The fraction of sp³-hybridized carbons (Fsp3) is 0.444. The first-order chi connectivity index (χ1) is 22.4. The van der Waals surface area contributed by atoms with Gasteiger partial charge in [-0.05, 0) is 61.1 Å². The van der Waals surface area contributed by atoms with Crippen molar-refractivity contribution in [3.63, 3.8) is 0 Å². The Labute approximate surface area is 270 Å². The standard InChI is InChI=1S/C36H43N5O5/c1-36(2)8-13-41(14-9-36)28-6-10-38-32(22-28)33(43)21-27-4-5-29(24-39-27)46-34-7-11-37-31-23-35(26(25-42)20-30(31)34)45-17-3-12-40-15-18-44-19-16-40/h4-7,10-11,20,22-24,42H,3,8-9,12-19,21,25H2,1-2H3. The molecular weight excluding hydrogens is 582 g/mol. The Morgan fingerprint density at radius 3 is 2.52 bits per heavy atom. The van der Waals surface area contributed by atoms with Gasteiger partial charge in [-0.15, -0.1) is 0 Å². The Morgan fingerprint density at radius 2 is 1.76 bits per heavy atom. The van der Waals surface area contributed by atoms with Gasteiger partial charge in [0.15, 0.2) is 5.78 Å². The van der Waals surface area contributed by atoms with E-state index < -0.39 is 0 Å². The Kier molecular flexibility index (Phi) is 10.1. The van der Waals surface area contributed by atoms with Gasteiger partial charge in [-0.3, -0.25) is 24.6 Å². The summed E-state index contributed by atoms with van der Waals surface area (Å²) in [6.45, 7) is 11.4. The largest absolute Gasteiger partial charge is 0.493 e. The van der Waals surface area contributed by atoms with Crippen molar-refractivity contribution in [1.82, 2.24) is 19.9 Å². The average molecular weight is 626 g/mol. The molecule has 6 rings (SSSR count). The van der Waals surface area contributed by atoms with Crippen LogP contribution in [0, 0.1) is 5.41 Å². The first-order valence-corrected chi connectivity index (χ1v) is 16.2. The maximum atomic E-state index is 13.1. The molecule has 242 valence electrons. The van der Waals surface area contributed by atoms with Gasteiger partial charge < -0.3 is 24.2 Å². The molecule has 2 fully saturated rings. The van der Waals surface area contributed by atoms with Crippen molar-refractivity contribution in [3.05, 3.63) is 78.0 Å². The molecule has 0 spiro atoms. The van der Waals surface area contributed by atoms with Crippen molar-refractivity contribution in [2.75, 3.05) is 57.4 Å². The van der Waals surface area contributed by atoms with E-state index in [1.54, 1.807) is 36.8 Å². The second-order valence-corrected chi connectivity index (χ2v) is 12.8. The number of rotatable bonds is 12. The number of ketones is 1. The number of aliphatic hydroxyl groups is 1. The molecule has 2 aliphatic heterocycles. The molecule has 5 heterocycles. The highest BCUT2D eigenvalue weighted by atomic mass is 16.5. The Morgan fingerprint density at radius 1 is 0.957 bits per heavy atom. The fourth-order valence-electron chi connectivity index (χ4n) is 5.93. The first kappa shape index (κ1) is 31.8. The molecule has 2 aliphatic rings. The van der Waals surface area contributed by atoms with E-state index in [-0.39, 0.29) is 18.8 Å². The van der Waals surface area contributed by atoms with Gasteiger partial charge in [0.2, 0.25) is 0 Å². The highest BCUT2D eigenvalue weighted by Crippen LogP contribution is 2.34. The molecule has 0 saturated carbocycles. The van der Waals surface area contributed by atoms with E-state index in [1.165, 1.54) is 0 Å². The van der Waals surface area contributed by atoms with Crippen molar-refractivity contribution in [1.29, 1.82) is 0 Å². The van der Waals surface area contributed by atoms with Gasteiger partial charge in [0, 0.05) is 73.5 Å². The van der Waals surface area contributed by atoms with Crippen LogP contribution in [0.3, 0.4) is 0 Å². The third-order valence-corrected chi connectivity index (χ3v) is 8.91. The summed E-state index contributed by atoms with van der Waals surface area (Å²) in [5.74, 6) is 1.67. The van der Waals surface area contributed by atoms with Crippen LogP contribution in [0.4, 0.5) is 5.69 Å². The molecule has 0 radical (unpaired) electrons. The zero-order valence-electron chi connectivity index (χ0n) is 26.8. The van der Waals surface area contributed by atoms with Crippen LogP contribution in [0.2, 0.25) is 0 Å². The first-order valence-electron chi connectivity index (χ1n) is 16.2. The molecule has 1 aromatic carbocycles. The quantitative estimate of drug-likeness (QED) is 0.161. The van der Waals surface area contributed by atoms with Crippen molar-refractivity contribution in [2.45, 2.75) is 46.1 Å². The molecule has 2 saturated heterocycles. The van der Waals surface area contributed by atoms with E-state index in [4.69, 9.17) is 14.2 Å². The number of nitrogens with zero attached hydrogens (tertiary/aromatic N) is 5. The van der Waals surface area contributed by atoms with Crippen molar-refractivity contribution in [2.24, 2.45) is 5.41 Å². The number of aromatic nitrogens is 3. The van der Waals surface area contributed by atoms with Crippen molar-refractivity contribution in [3.8, 4) is 17.2 Å². The van der Waals surface area contributed by atoms with Gasteiger partial charge in [0.25, 0.3) is 0 Å². The van der Waals surface area contributed by atoms with Crippen molar-refractivity contribution < 1.29 is 24.1 Å². The number of hydrogen-bond acceptors (Lipinski definition) is 10. The van der Waals surface area contributed by atoms with Crippen LogP contribution in [-0.4, -0.2) is 83.3 Å². The number of pyridine rings is 3. The van der Waals surface area contributed by atoms with Gasteiger partial charge in [-0.25, -0.2) is 0 Å². The zero-order valence-corrected chi connectivity index (χ0v) is 26.8. The third-order valence-electron chi connectivity index (χ3n) is 8.91. The highest BCUT2D eigenvalue weighted by Gasteiger charge is 2.26. The normalized spacial score (nSPS) is 16.8. The number of hydrogen-bond donors (Lipinski definition) is 1. The summed E-state index contributed by atoms with van der Waals surface area (Å²) in [6, 6.07) is 13.0. The lowest BCUT2D eigenvalue weighted by Gasteiger charge is -2.38. The van der Waals surface area contributed by atoms with Crippen LogP contribution in [0.15, 0.2) is 61.1 Å². The van der Waals surface area contributed by atoms with Gasteiger partial charge in [0.05, 0.1) is 44.6 Å². The number of Topliss-reactive ketones (excluding diaryl/α,β-unsaturated/α-hetero) is 1. The fourth-order valence-corrected chi connectivity index (χ4v) is 5.93. The van der Waals surface area contributed by atoms with Gasteiger partial charge in [-0.1, -0.05) is 13.8 Å². The molecule has 0 amide bonds. The Bertz CT molecular complexity index is 1630. The number of ether oxygens (including phenoxy) is 3. The second kappa shape index (κ2) is 14.5. The molecule has 3 aromatic heterocycles. The van der Waals surface area contributed by atoms with E-state index in [2.05, 4.69) is 38.6 Å². The van der Waals surface area contributed by atoms with Gasteiger partial charge in [0.1, 0.15) is 22.9 Å². The summed E-state index contributed by atoms with van der Waals surface area (Å²) in [4.78, 5) is 31.2. The monoisotopic (exact) mass is 625 g/mol. The number of carbonyl (C=O) groups is 1. The van der Waals surface area contributed by atoms with Crippen LogP contribution >= 0.6 is 0 Å². The molecule has 0 unspecified atom stereocenters. The maximum absolute atomic E-state index is 13.1. The van der Waals surface area contributed by atoms with E-state index >= 15 is 0 Å². The average Bonchev–Trinajstić information content (AvgIpc) is 3.08. The summed E-state index contributed by atoms with van der Waals surface area (Å²) >= 11 is 0. The van der Waals surface area contributed by atoms with Crippen LogP contribution < -0.4 is 14.4 Å². The van der Waals surface area contributed by atoms with Gasteiger partial charge in [-0.2, -0.15) is 0 Å². The molecule has 10 nitrogen and oxygen atoms in total. The Hall–Kier alpha value is -4.12. The smallest absolute Gasteiger partial charge is 0.187 e. The minimum Gasteiger partial charge on any atom is -0.493 e. The lowest BCUT2D eigenvalue weighted by Crippen LogP contribution is -2.37. The number of morpholine rings is 1. The SMILES string of the molecule is CC1(C)CCN(c2ccnc(C(=O)Cc3ccc(Oc4ccnc5cc(OCCCN6CCOCC6)c(CO)cc45)cn3)c2)CC1. The van der Waals surface area contributed by atoms with Crippen LogP contribution in [0.5, 0.6) is 17.2 Å². The van der Waals surface area contributed by atoms with Crippen LogP contribution in [-0.2, 0) is 17.8 Å². The summed E-state index contributed by atoms with van der Waals surface area (Å²) in [5.41, 5.74) is 3.87. The number of fused-ring (bicyclic) bond motifs is 1. The van der Waals surface area contributed by atoms with Crippen LogP contribution in [0.25, 0.3) is 10.9 Å². The number of anilines is 1. The number of benzene rings is 1. The predicted octanol–water partition coefficient (Wildman–Crippen LogP) is 5.46. The third kappa shape index (κ3) is 7.99. The molecule has 10 heteroatoms. The zero-order chi connectivity index (χ0) is 31.9. The molecule has 46 heavy (non-hydrogen) atoms. The summed E-state index contributed by atoms with van der Waals surface area (Å²) < 4.78 is 17.7. The summed E-state index contributed by atoms with van der Waals surface area (Å²) in [6.07, 6.45) is 8.31. The topological polar surface area (TPSA) is 110 Å². The Balaban J connectivity index is 1.07. The molecule has 4 aromatic rings. The molecule has 0 atom stereocenters. The van der Waals surface area contributed by atoms with Crippen LogP contribution in [0.1, 0.15) is 54.9 Å². The van der Waals surface area contributed by atoms with E-state index in [9.17, 15) is 9.90 Å². The van der Waals surface area contributed by atoms with E-state index in [1.807, 2.05) is 24.3 Å². The minimum absolute atomic E-state index is 0.0730. The minimum atomic E-state index is -0.165. The van der Waals surface area contributed by atoms with Crippen molar-refractivity contribution >= 4 is 22.4 Å². The maximum Gasteiger partial charge on any atom is 0.187 e. The second-order valence-electron chi connectivity index (χ2n) is 12.8. The van der Waals surface area contributed by atoms with Gasteiger partial charge >= 0.3 is 0 Å². The molecule has 1 N–H and O–H groups in total. The predicted molar refractivity (Wildman–Crippen MR) is 177 cm³/mol. The summed E-state index contributed by atoms with van der Waals surface area (Å²) in [7, 11) is 0. The molecule has 0 aliphatic carbocycles. The number of carbonyl (C=O) groups excluding carboxylic acids is 1. The lowest BCUT2D eigenvalue weighted by molar-refractivity contribution is 0.0357.